The molecule has 0 fully saturated rings. The van der Waals surface area contributed by atoms with Crippen LogP contribution in [0.2, 0.25) is 0 Å². The van der Waals surface area contributed by atoms with E-state index in [0.29, 0.717) is 35.0 Å². The van der Waals surface area contributed by atoms with Crippen LogP contribution in [0.25, 0.3) is 16.9 Å². The fourth-order valence-corrected chi connectivity index (χ4v) is 2.32. The van der Waals surface area contributed by atoms with Gasteiger partial charge < -0.3 is 4.42 Å². The Morgan fingerprint density at radius 2 is 2.17 bits per heavy atom. The Kier molecular flexibility index (Phi) is 2.59. The van der Waals surface area contributed by atoms with Crippen LogP contribution in [0.5, 0.6) is 0 Å². The first-order chi connectivity index (χ1) is 8.72. The smallest absolute Gasteiger partial charge is 0.309 e. The third-order valence-corrected chi connectivity index (χ3v) is 3.19. The second-order valence-corrected chi connectivity index (χ2v) is 4.49. The molecule has 0 spiro atoms. The van der Waals surface area contributed by atoms with E-state index in [1.54, 1.807) is 6.92 Å². The van der Waals surface area contributed by atoms with E-state index in [-0.39, 0.29) is 5.56 Å². The molecule has 0 atom stereocenters. The van der Waals surface area contributed by atoms with Crippen molar-refractivity contribution in [3.05, 3.63) is 45.9 Å². The Hall–Kier alpha value is -1.81. The summed E-state index contributed by atoms with van der Waals surface area (Å²) in [5, 5.41) is 0. The van der Waals surface area contributed by atoms with Gasteiger partial charge in [0.15, 0.2) is 5.58 Å². The van der Waals surface area contributed by atoms with Crippen LogP contribution in [0.3, 0.4) is 0 Å². The molecule has 0 saturated heterocycles. The predicted molar refractivity (Wildman–Crippen MR) is 70.4 cm³/mol. The third kappa shape index (κ3) is 1.53. The highest BCUT2D eigenvalue weighted by molar-refractivity contribution is 6.18. The first-order valence-electron chi connectivity index (χ1n) is 5.68. The van der Waals surface area contributed by atoms with Crippen LogP contribution in [-0.4, -0.2) is 15.3 Å². The zero-order valence-electron chi connectivity index (χ0n) is 9.81. The molecule has 0 amide bonds. The molecular weight excluding hydrogens is 252 g/mol. The van der Waals surface area contributed by atoms with E-state index in [9.17, 15) is 4.79 Å². The number of alkyl halides is 1. The molecule has 5 heteroatoms. The Morgan fingerprint density at radius 3 is 2.94 bits per heavy atom. The molecule has 2 aromatic heterocycles. The SMILES string of the molecule is Cc1nc2oc3ccccc3n2c(=O)c1CCCl. The summed E-state index contributed by atoms with van der Waals surface area (Å²) in [6.45, 7) is 1.80. The highest BCUT2D eigenvalue weighted by Gasteiger charge is 2.14. The highest BCUT2D eigenvalue weighted by Crippen LogP contribution is 2.18. The number of hydrogen-bond donors (Lipinski definition) is 0. The maximum atomic E-state index is 12.4. The first-order valence-corrected chi connectivity index (χ1v) is 6.21. The molecule has 0 aliphatic rings. The van der Waals surface area contributed by atoms with Crippen LogP contribution in [0.4, 0.5) is 0 Å². The molecular formula is C13H11ClN2O2. The van der Waals surface area contributed by atoms with E-state index in [2.05, 4.69) is 4.98 Å². The Bertz CT molecular complexity index is 789. The molecule has 0 bridgehead atoms. The van der Waals surface area contributed by atoms with Gasteiger partial charge in [-0.1, -0.05) is 12.1 Å². The summed E-state index contributed by atoms with van der Waals surface area (Å²) in [5.41, 5.74) is 2.63. The van der Waals surface area contributed by atoms with Gasteiger partial charge in [-0.3, -0.25) is 4.79 Å². The normalized spacial score (nSPS) is 11.4. The fourth-order valence-electron chi connectivity index (χ4n) is 2.13. The molecule has 0 N–H and O–H groups in total. The average molecular weight is 263 g/mol. The first kappa shape index (κ1) is 11.3. The average Bonchev–Trinajstić information content (AvgIpc) is 2.72. The number of aromatic nitrogens is 2. The number of aryl methyl sites for hydroxylation is 1. The topological polar surface area (TPSA) is 47.5 Å². The Balaban J connectivity index is 2.49. The summed E-state index contributed by atoms with van der Waals surface area (Å²) in [4.78, 5) is 16.7. The van der Waals surface area contributed by atoms with Gasteiger partial charge in [0, 0.05) is 11.4 Å². The van der Waals surface area contributed by atoms with Crippen molar-refractivity contribution in [1.82, 2.24) is 9.38 Å². The minimum absolute atomic E-state index is 0.0944. The van der Waals surface area contributed by atoms with Gasteiger partial charge in [0.1, 0.15) is 0 Å². The van der Waals surface area contributed by atoms with Gasteiger partial charge in [-0.05, 0) is 25.5 Å². The van der Waals surface area contributed by atoms with Crippen molar-refractivity contribution in [2.45, 2.75) is 13.3 Å². The van der Waals surface area contributed by atoms with Crippen molar-refractivity contribution < 1.29 is 4.42 Å². The second-order valence-electron chi connectivity index (χ2n) is 4.11. The second kappa shape index (κ2) is 4.14. The predicted octanol–water partition coefficient (Wildman–Crippen LogP) is 2.53. The maximum Gasteiger partial charge on any atom is 0.309 e. The number of oxazole rings is 1. The summed E-state index contributed by atoms with van der Waals surface area (Å²) >= 11 is 5.72. The van der Waals surface area contributed by atoms with Crippen LogP contribution in [0.15, 0.2) is 33.5 Å². The molecule has 92 valence electrons. The molecule has 1 aromatic carbocycles. The summed E-state index contributed by atoms with van der Waals surface area (Å²) in [6.07, 6.45) is 0.516. The molecule has 0 unspecified atom stereocenters. The van der Waals surface area contributed by atoms with Crippen molar-refractivity contribution in [2.24, 2.45) is 0 Å². The number of nitrogens with zero attached hydrogens (tertiary/aromatic N) is 2. The van der Waals surface area contributed by atoms with Crippen molar-refractivity contribution in [1.29, 1.82) is 0 Å². The summed E-state index contributed by atoms with van der Waals surface area (Å²) in [7, 11) is 0. The van der Waals surface area contributed by atoms with E-state index >= 15 is 0 Å². The van der Waals surface area contributed by atoms with E-state index in [4.69, 9.17) is 16.0 Å². The quantitative estimate of drug-likeness (QED) is 0.667. The van der Waals surface area contributed by atoms with E-state index in [1.165, 1.54) is 4.40 Å². The van der Waals surface area contributed by atoms with E-state index in [0.717, 1.165) is 5.52 Å². The van der Waals surface area contributed by atoms with E-state index in [1.807, 2.05) is 24.3 Å². The number of halogens is 1. The number of benzene rings is 1. The zero-order valence-corrected chi connectivity index (χ0v) is 10.6. The van der Waals surface area contributed by atoms with Crippen LogP contribution in [0.1, 0.15) is 11.3 Å². The Labute approximate surface area is 108 Å². The molecule has 0 aliphatic carbocycles. The van der Waals surface area contributed by atoms with Gasteiger partial charge in [-0.25, -0.2) is 9.38 Å². The van der Waals surface area contributed by atoms with E-state index < -0.39 is 0 Å². The molecule has 3 aromatic rings. The minimum Gasteiger partial charge on any atom is -0.423 e. The van der Waals surface area contributed by atoms with Gasteiger partial charge in [-0.15, -0.1) is 11.6 Å². The molecule has 0 radical (unpaired) electrons. The third-order valence-electron chi connectivity index (χ3n) is 3.00. The largest absolute Gasteiger partial charge is 0.423 e. The van der Waals surface area contributed by atoms with Crippen molar-refractivity contribution in [2.75, 3.05) is 5.88 Å². The number of fused-ring (bicyclic) bond motifs is 3. The van der Waals surface area contributed by atoms with Crippen molar-refractivity contribution in [3.63, 3.8) is 0 Å². The lowest BCUT2D eigenvalue weighted by atomic mass is 10.2. The van der Waals surface area contributed by atoms with Crippen LogP contribution < -0.4 is 5.56 Å². The molecule has 18 heavy (non-hydrogen) atoms. The highest BCUT2D eigenvalue weighted by atomic mass is 35.5. The molecule has 0 aliphatic heterocycles. The van der Waals surface area contributed by atoms with Crippen molar-refractivity contribution >= 4 is 28.5 Å². The molecule has 3 rings (SSSR count). The monoisotopic (exact) mass is 262 g/mol. The van der Waals surface area contributed by atoms with Gasteiger partial charge in [0.05, 0.1) is 11.2 Å². The molecule has 0 saturated carbocycles. The van der Waals surface area contributed by atoms with Gasteiger partial charge in [0.25, 0.3) is 5.56 Å². The lowest BCUT2D eigenvalue weighted by Crippen LogP contribution is -2.21. The summed E-state index contributed by atoms with van der Waals surface area (Å²) < 4.78 is 7.07. The lowest BCUT2D eigenvalue weighted by Gasteiger charge is -2.02. The van der Waals surface area contributed by atoms with Gasteiger partial charge in [-0.2, -0.15) is 0 Å². The lowest BCUT2D eigenvalue weighted by molar-refractivity contribution is 0.630. The molecule has 2 heterocycles. The maximum absolute atomic E-state index is 12.4. The Morgan fingerprint density at radius 1 is 1.39 bits per heavy atom. The summed E-state index contributed by atoms with van der Waals surface area (Å²) in [5.74, 6) is 0.733. The van der Waals surface area contributed by atoms with Gasteiger partial charge >= 0.3 is 5.84 Å². The van der Waals surface area contributed by atoms with Crippen LogP contribution in [0, 0.1) is 6.92 Å². The number of rotatable bonds is 2. The zero-order chi connectivity index (χ0) is 12.7. The van der Waals surface area contributed by atoms with Crippen molar-refractivity contribution in [3.8, 4) is 0 Å². The number of para-hydroxylation sites is 2. The fraction of sp³-hybridized carbons (Fsp3) is 0.231. The van der Waals surface area contributed by atoms with Gasteiger partial charge in [0.2, 0.25) is 0 Å². The standard InChI is InChI=1S/C13H11ClN2O2/c1-8-9(6-7-14)12(17)16-10-4-2-3-5-11(10)18-13(16)15-8/h2-5H,6-7H2,1H3. The summed E-state index contributed by atoms with van der Waals surface area (Å²) in [6, 6.07) is 7.39. The molecule has 4 nitrogen and oxygen atoms in total. The van der Waals surface area contributed by atoms with Crippen LogP contribution in [-0.2, 0) is 6.42 Å². The number of hydrogen-bond acceptors (Lipinski definition) is 3. The van der Waals surface area contributed by atoms with Crippen LogP contribution >= 0.6 is 11.6 Å². The minimum atomic E-state index is -0.0944.